The van der Waals surface area contributed by atoms with Gasteiger partial charge in [0.05, 0.1) is 263 Å². The molecule has 1 rings (SSSR count). The van der Waals surface area contributed by atoms with E-state index in [1.807, 2.05) is 0 Å². The second kappa shape index (κ2) is 57.5. The van der Waals surface area contributed by atoms with E-state index < -0.39 is 4.92 Å². The molecule has 0 unspecified atom stereocenters. The number of rotatable bonds is 61. The Hall–Kier alpha value is -2.38. The molecule has 1 N–H and O–H groups in total. The van der Waals surface area contributed by atoms with Crippen LogP contribution in [-0.2, 0) is 90.0 Å². The Labute approximate surface area is 414 Å². The molecule has 0 saturated heterocycles. The summed E-state index contributed by atoms with van der Waals surface area (Å²) >= 11 is 0. The number of nitro benzene ring substituents is 1. The largest absolute Gasteiger partial charge is 0.491 e. The monoisotopic (exact) mass is 1020 g/mol. The highest BCUT2D eigenvalue weighted by Gasteiger charge is 2.05. The second-order valence-electron chi connectivity index (χ2n) is 14.0. The maximum atomic E-state index is 10.7. The summed E-state index contributed by atoms with van der Waals surface area (Å²) in [6.07, 6.45) is 0. The summed E-state index contributed by atoms with van der Waals surface area (Å²) in [5.74, 6) is 0.550. The molecule has 1 aromatic carbocycles. The second-order valence-corrected chi connectivity index (χ2v) is 14.0. The van der Waals surface area contributed by atoms with E-state index >= 15 is 0 Å². The van der Waals surface area contributed by atoms with Crippen molar-refractivity contribution in [2.24, 2.45) is 0 Å². The van der Waals surface area contributed by atoms with Crippen LogP contribution in [0.15, 0.2) is 24.3 Å². The highest BCUT2D eigenvalue weighted by molar-refractivity contribution is 5.35. The van der Waals surface area contributed by atoms with Crippen molar-refractivity contribution in [3.05, 3.63) is 34.4 Å². The van der Waals surface area contributed by atoms with E-state index in [0.717, 1.165) is 0 Å². The first kappa shape index (κ1) is 65.6. The summed E-state index contributed by atoms with van der Waals surface area (Å²) in [5, 5.41) is 19.3. The molecule has 0 fully saturated rings. The zero-order valence-electron chi connectivity index (χ0n) is 41.5. The van der Waals surface area contributed by atoms with Crippen molar-refractivity contribution in [1.82, 2.24) is 0 Å². The number of nitro groups is 1. The smallest absolute Gasteiger partial charge is 0.269 e. The van der Waals surface area contributed by atoms with Crippen molar-refractivity contribution >= 4 is 5.69 Å². The summed E-state index contributed by atoms with van der Waals surface area (Å²) < 4.78 is 109. The van der Waals surface area contributed by atoms with E-state index in [2.05, 4.69) is 0 Å². The summed E-state index contributed by atoms with van der Waals surface area (Å²) in [5.41, 5.74) is 0.0203. The molecular formula is C46H85NO23. The fourth-order valence-electron chi connectivity index (χ4n) is 5.01. The van der Waals surface area contributed by atoms with Gasteiger partial charge in [0.25, 0.3) is 5.69 Å². The first-order chi connectivity index (χ1) is 34.7. The average Bonchev–Trinajstić information content (AvgIpc) is 3.37. The lowest BCUT2D eigenvalue weighted by Gasteiger charge is -2.09. The van der Waals surface area contributed by atoms with Gasteiger partial charge >= 0.3 is 0 Å². The van der Waals surface area contributed by atoms with Crippen LogP contribution in [0.4, 0.5) is 5.69 Å². The minimum absolute atomic E-state index is 0.0171. The Kier molecular flexibility index (Phi) is 53.9. The van der Waals surface area contributed by atoms with Gasteiger partial charge in [0.15, 0.2) is 0 Å². The van der Waals surface area contributed by atoms with Gasteiger partial charge in [-0.25, -0.2) is 0 Å². The van der Waals surface area contributed by atoms with Crippen LogP contribution in [0.3, 0.4) is 0 Å². The predicted molar refractivity (Wildman–Crippen MR) is 251 cm³/mol. The highest BCUT2D eigenvalue weighted by Crippen LogP contribution is 2.17. The van der Waals surface area contributed by atoms with Gasteiger partial charge in [0.2, 0.25) is 0 Å². The van der Waals surface area contributed by atoms with Gasteiger partial charge in [0, 0.05) is 12.1 Å². The number of nitrogens with zero attached hydrogens (tertiary/aromatic N) is 1. The minimum atomic E-state index is -0.454. The lowest BCUT2D eigenvalue weighted by molar-refractivity contribution is -0.384. The van der Waals surface area contributed by atoms with Crippen LogP contribution < -0.4 is 4.74 Å². The molecule has 0 saturated carbocycles. The van der Waals surface area contributed by atoms with E-state index in [9.17, 15) is 10.1 Å². The Bertz CT molecular complexity index is 1170. The van der Waals surface area contributed by atoms with Crippen molar-refractivity contribution in [1.29, 1.82) is 0 Å². The van der Waals surface area contributed by atoms with E-state index in [1.54, 1.807) is 12.1 Å². The SMILES string of the molecule is O=[N+]([O-])c1ccc(OCCOCCOCCOCCOCCOCCOCCOCCOCCOCCOCCOCCOCCOCCOCCOCCOCCOCCOCCOCCO)cc1. The third-order valence-electron chi connectivity index (χ3n) is 8.48. The fraction of sp³-hybridized carbons (Fsp3) is 0.870. The molecule has 0 spiro atoms. The van der Waals surface area contributed by atoms with Crippen LogP contribution in [-0.4, -0.2) is 274 Å². The molecule has 0 aliphatic rings. The molecule has 24 nitrogen and oxygen atoms in total. The molecule has 412 valence electrons. The molecule has 0 aliphatic heterocycles. The van der Waals surface area contributed by atoms with Crippen molar-refractivity contribution in [3.8, 4) is 5.75 Å². The van der Waals surface area contributed by atoms with Crippen molar-refractivity contribution in [2.75, 3.05) is 264 Å². The van der Waals surface area contributed by atoms with Crippen molar-refractivity contribution in [2.45, 2.75) is 0 Å². The first-order valence-corrected chi connectivity index (χ1v) is 24.2. The molecule has 24 heteroatoms. The third-order valence-corrected chi connectivity index (χ3v) is 8.48. The van der Waals surface area contributed by atoms with E-state index in [-0.39, 0.29) is 12.3 Å². The van der Waals surface area contributed by atoms with Crippen molar-refractivity contribution < 1.29 is 105 Å². The number of benzene rings is 1. The number of non-ortho nitro benzene ring substituents is 1. The molecule has 0 bridgehead atoms. The number of aliphatic hydroxyl groups is 1. The van der Waals surface area contributed by atoms with Crippen LogP contribution in [0.5, 0.6) is 5.75 Å². The molecule has 1 aromatic rings. The molecule has 70 heavy (non-hydrogen) atoms. The summed E-state index contributed by atoms with van der Waals surface area (Å²) in [6.45, 7) is 18.3. The molecule has 0 aliphatic carbocycles. The van der Waals surface area contributed by atoms with Crippen molar-refractivity contribution in [3.63, 3.8) is 0 Å². The van der Waals surface area contributed by atoms with Gasteiger partial charge in [-0.1, -0.05) is 0 Å². The van der Waals surface area contributed by atoms with Crippen LogP contribution in [0, 0.1) is 10.1 Å². The zero-order valence-corrected chi connectivity index (χ0v) is 41.5. The Morgan fingerprint density at radius 2 is 0.429 bits per heavy atom. The topological polar surface area (TPSA) is 248 Å². The zero-order chi connectivity index (χ0) is 50.0. The predicted octanol–water partition coefficient (Wildman–Crippen LogP) is 1.28. The highest BCUT2D eigenvalue weighted by atomic mass is 16.6. The summed E-state index contributed by atoms with van der Waals surface area (Å²) in [4.78, 5) is 10.2. The minimum Gasteiger partial charge on any atom is -0.491 e. The quantitative estimate of drug-likeness (QED) is 0.0548. The van der Waals surface area contributed by atoms with Crippen LogP contribution >= 0.6 is 0 Å². The van der Waals surface area contributed by atoms with Gasteiger partial charge in [-0.3, -0.25) is 10.1 Å². The van der Waals surface area contributed by atoms with Gasteiger partial charge in [-0.15, -0.1) is 0 Å². The van der Waals surface area contributed by atoms with E-state index in [0.29, 0.717) is 263 Å². The Balaban J connectivity index is 1.60. The molecule has 0 amide bonds. The van der Waals surface area contributed by atoms with Gasteiger partial charge in [-0.2, -0.15) is 0 Å². The number of aliphatic hydroxyl groups excluding tert-OH is 1. The molecule has 0 radical (unpaired) electrons. The summed E-state index contributed by atoms with van der Waals surface area (Å²) in [7, 11) is 0. The lowest BCUT2D eigenvalue weighted by atomic mass is 10.3. The van der Waals surface area contributed by atoms with Gasteiger partial charge in [-0.05, 0) is 12.1 Å². The molecule has 0 aromatic heterocycles. The lowest BCUT2D eigenvalue weighted by Crippen LogP contribution is -2.16. The van der Waals surface area contributed by atoms with Crippen LogP contribution in [0.2, 0.25) is 0 Å². The van der Waals surface area contributed by atoms with E-state index in [1.165, 1.54) is 12.1 Å². The van der Waals surface area contributed by atoms with Crippen LogP contribution in [0.25, 0.3) is 0 Å². The first-order valence-electron chi connectivity index (χ1n) is 24.2. The summed E-state index contributed by atoms with van der Waals surface area (Å²) in [6, 6.07) is 5.90. The molecular weight excluding hydrogens is 934 g/mol. The average molecular weight is 1020 g/mol. The Morgan fingerprint density at radius 1 is 0.271 bits per heavy atom. The molecule has 0 atom stereocenters. The van der Waals surface area contributed by atoms with Crippen LogP contribution in [0.1, 0.15) is 0 Å². The standard InChI is InChI=1S/C46H85NO23/c48-5-6-51-7-8-52-9-10-53-11-12-54-13-14-55-15-16-56-17-18-57-19-20-58-21-22-59-23-24-60-25-26-61-27-28-62-29-30-63-31-32-64-33-34-65-35-36-66-37-38-67-39-40-68-41-42-69-43-44-70-46-3-1-45(2-4-46)47(49)50/h1-4,48H,5-44H2. The fourth-order valence-corrected chi connectivity index (χ4v) is 5.01. The molecule has 0 heterocycles. The Morgan fingerprint density at radius 3 is 0.586 bits per heavy atom. The van der Waals surface area contributed by atoms with Gasteiger partial charge < -0.3 is 99.8 Å². The number of hydrogen-bond donors (Lipinski definition) is 1. The normalized spacial score (nSPS) is 11.6. The maximum absolute atomic E-state index is 10.7. The number of hydrogen-bond acceptors (Lipinski definition) is 23. The maximum Gasteiger partial charge on any atom is 0.269 e. The third kappa shape index (κ3) is 52.0. The number of ether oxygens (including phenoxy) is 20. The van der Waals surface area contributed by atoms with E-state index in [4.69, 9.17) is 99.8 Å². The van der Waals surface area contributed by atoms with Gasteiger partial charge in [0.1, 0.15) is 12.4 Å².